The van der Waals surface area contributed by atoms with Crippen molar-refractivity contribution in [2.24, 2.45) is 0 Å². The van der Waals surface area contributed by atoms with Gasteiger partial charge in [-0.2, -0.15) is 0 Å². The predicted molar refractivity (Wildman–Crippen MR) is 57.0 cm³/mol. The zero-order valence-corrected chi connectivity index (χ0v) is 9.38. The molecule has 6 heteroatoms. The summed E-state index contributed by atoms with van der Waals surface area (Å²) in [5, 5.41) is 10.3. The summed E-state index contributed by atoms with van der Waals surface area (Å²) >= 11 is 4.40. The summed E-state index contributed by atoms with van der Waals surface area (Å²) in [6.45, 7) is 0. The summed E-state index contributed by atoms with van der Waals surface area (Å²) < 4.78 is 5.80. The molecule has 14 heavy (non-hydrogen) atoms. The molecule has 74 valence electrons. The van der Waals surface area contributed by atoms with Crippen LogP contribution in [0.25, 0.3) is 0 Å². The van der Waals surface area contributed by atoms with Crippen molar-refractivity contribution in [1.29, 1.82) is 0 Å². The standard InChI is InChI=1S/C8H7BrN2O2S/c9-6-2-1-4(13-6)7(12)5-3-11-8(10)14-5/h1-3,7,12H,(H2,10,11). The molecule has 2 rings (SSSR count). The molecule has 0 aliphatic carbocycles. The maximum absolute atomic E-state index is 9.82. The maximum atomic E-state index is 9.82. The first kappa shape index (κ1) is 9.70. The normalized spacial score (nSPS) is 13.0. The van der Waals surface area contributed by atoms with Crippen LogP contribution in [0.4, 0.5) is 5.13 Å². The van der Waals surface area contributed by atoms with E-state index in [0.29, 0.717) is 20.4 Å². The third kappa shape index (κ3) is 1.82. The number of furan rings is 1. The number of nitrogens with zero attached hydrogens (tertiary/aromatic N) is 1. The predicted octanol–water partition coefficient (Wildman–Crippen LogP) is 2.16. The zero-order valence-electron chi connectivity index (χ0n) is 6.98. The van der Waals surface area contributed by atoms with E-state index >= 15 is 0 Å². The number of nitrogens with two attached hydrogens (primary N) is 1. The molecular weight excluding hydrogens is 268 g/mol. The summed E-state index contributed by atoms with van der Waals surface area (Å²) in [5.74, 6) is 0.473. The Hall–Kier alpha value is -0.850. The van der Waals surface area contributed by atoms with Crippen LogP contribution in [-0.4, -0.2) is 10.1 Å². The van der Waals surface area contributed by atoms with Crippen LogP contribution >= 0.6 is 27.3 Å². The number of hydrogen-bond acceptors (Lipinski definition) is 5. The minimum Gasteiger partial charge on any atom is -0.451 e. The third-order valence-electron chi connectivity index (χ3n) is 1.67. The minimum absolute atomic E-state index is 0.435. The van der Waals surface area contributed by atoms with Crippen LogP contribution < -0.4 is 5.73 Å². The van der Waals surface area contributed by atoms with Gasteiger partial charge in [0.25, 0.3) is 0 Å². The van der Waals surface area contributed by atoms with Crippen LogP contribution in [0.5, 0.6) is 0 Å². The lowest BCUT2D eigenvalue weighted by atomic mass is 10.2. The molecule has 1 atom stereocenters. The van der Waals surface area contributed by atoms with Gasteiger partial charge in [0, 0.05) is 6.20 Å². The van der Waals surface area contributed by atoms with Crippen molar-refractivity contribution < 1.29 is 9.52 Å². The second-order valence-corrected chi connectivity index (χ2v) is 4.52. The van der Waals surface area contributed by atoms with Crippen LogP contribution in [-0.2, 0) is 0 Å². The number of aliphatic hydroxyl groups excluding tert-OH is 1. The van der Waals surface area contributed by atoms with E-state index in [4.69, 9.17) is 10.2 Å². The fourth-order valence-corrected chi connectivity index (χ4v) is 2.04. The number of thiazole rings is 1. The Morgan fingerprint density at radius 1 is 1.57 bits per heavy atom. The summed E-state index contributed by atoms with van der Waals surface area (Å²) in [5.41, 5.74) is 5.46. The third-order valence-corrected chi connectivity index (χ3v) is 2.98. The zero-order chi connectivity index (χ0) is 10.1. The van der Waals surface area contributed by atoms with Crippen LogP contribution in [0, 0.1) is 0 Å². The van der Waals surface area contributed by atoms with Gasteiger partial charge in [-0.05, 0) is 28.1 Å². The van der Waals surface area contributed by atoms with Crippen molar-refractivity contribution in [2.75, 3.05) is 5.73 Å². The van der Waals surface area contributed by atoms with E-state index < -0.39 is 6.10 Å². The Kier molecular flexibility index (Phi) is 2.58. The maximum Gasteiger partial charge on any atom is 0.180 e. The van der Waals surface area contributed by atoms with E-state index in [0.717, 1.165) is 0 Å². The van der Waals surface area contributed by atoms with Crippen LogP contribution in [0.2, 0.25) is 0 Å². The van der Waals surface area contributed by atoms with Crippen molar-refractivity contribution in [3.05, 3.63) is 33.6 Å². The van der Waals surface area contributed by atoms with Crippen molar-refractivity contribution in [1.82, 2.24) is 4.98 Å². The number of anilines is 1. The smallest absolute Gasteiger partial charge is 0.180 e. The molecular formula is C8H7BrN2O2S. The van der Waals surface area contributed by atoms with Gasteiger partial charge in [-0.3, -0.25) is 0 Å². The Morgan fingerprint density at radius 2 is 2.36 bits per heavy atom. The van der Waals surface area contributed by atoms with E-state index in [1.54, 1.807) is 18.3 Å². The number of nitrogen functional groups attached to an aromatic ring is 1. The molecule has 1 unspecified atom stereocenters. The topological polar surface area (TPSA) is 72.3 Å². The van der Waals surface area contributed by atoms with E-state index in [1.165, 1.54) is 11.3 Å². The number of halogens is 1. The van der Waals surface area contributed by atoms with Gasteiger partial charge in [-0.15, -0.1) is 0 Å². The molecule has 0 bridgehead atoms. The molecule has 0 spiro atoms. The van der Waals surface area contributed by atoms with Gasteiger partial charge in [0.05, 0.1) is 4.88 Å². The number of aromatic nitrogens is 1. The SMILES string of the molecule is Nc1ncc(C(O)c2ccc(Br)o2)s1. The molecule has 2 aromatic rings. The molecule has 0 fully saturated rings. The number of rotatable bonds is 2. The van der Waals surface area contributed by atoms with Crippen molar-refractivity contribution >= 4 is 32.4 Å². The van der Waals surface area contributed by atoms with Crippen molar-refractivity contribution in [3.63, 3.8) is 0 Å². The highest BCUT2D eigenvalue weighted by Crippen LogP contribution is 2.29. The molecule has 0 saturated heterocycles. The molecule has 4 nitrogen and oxygen atoms in total. The highest BCUT2D eigenvalue weighted by atomic mass is 79.9. The molecule has 0 saturated carbocycles. The fourth-order valence-electron chi connectivity index (χ4n) is 1.04. The van der Waals surface area contributed by atoms with E-state index in [1.807, 2.05) is 0 Å². The molecule has 0 aliphatic heterocycles. The van der Waals surface area contributed by atoms with Crippen molar-refractivity contribution in [2.45, 2.75) is 6.10 Å². The second-order valence-electron chi connectivity index (χ2n) is 2.65. The van der Waals surface area contributed by atoms with Gasteiger partial charge in [0.1, 0.15) is 11.9 Å². The lowest BCUT2D eigenvalue weighted by Gasteiger charge is -2.02. The van der Waals surface area contributed by atoms with Crippen LogP contribution in [0.1, 0.15) is 16.7 Å². The Morgan fingerprint density at radius 3 is 2.86 bits per heavy atom. The first-order chi connectivity index (χ1) is 6.66. The largest absolute Gasteiger partial charge is 0.451 e. The molecule has 0 aliphatic rings. The lowest BCUT2D eigenvalue weighted by Crippen LogP contribution is -1.94. The van der Waals surface area contributed by atoms with Gasteiger partial charge in [-0.1, -0.05) is 11.3 Å². The lowest BCUT2D eigenvalue weighted by molar-refractivity contribution is 0.191. The quantitative estimate of drug-likeness (QED) is 0.881. The second kappa shape index (κ2) is 3.72. The van der Waals surface area contributed by atoms with E-state index in [-0.39, 0.29) is 0 Å². The summed E-state index contributed by atoms with van der Waals surface area (Å²) in [6, 6.07) is 3.42. The first-order valence-electron chi connectivity index (χ1n) is 3.81. The Labute approximate surface area is 92.5 Å². The highest BCUT2D eigenvalue weighted by Gasteiger charge is 2.16. The van der Waals surface area contributed by atoms with Gasteiger partial charge < -0.3 is 15.3 Å². The molecule has 0 amide bonds. The summed E-state index contributed by atoms with van der Waals surface area (Å²) in [6.07, 6.45) is 0.747. The average Bonchev–Trinajstić information content (AvgIpc) is 2.73. The number of aliphatic hydroxyl groups is 1. The number of hydrogen-bond donors (Lipinski definition) is 2. The minimum atomic E-state index is -0.795. The summed E-state index contributed by atoms with van der Waals surface area (Å²) in [7, 11) is 0. The molecule has 0 radical (unpaired) electrons. The Bertz CT molecular complexity index is 400. The molecule has 2 aromatic heterocycles. The van der Waals surface area contributed by atoms with Gasteiger partial charge in [0.2, 0.25) is 0 Å². The van der Waals surface area contributed by atoms with Gasteiger partial charge in [0.15, 0.2) is 9.80 Å². The average molecular weight is 275 g/mol. The van der Waals surface area contributed by atoms with Crippen LogP contribution in [0.15, 0.2) is 27.4 Å². The summed E-state index contributed by atoms with van der Waals surface area (Å²) in [4.78, 5) is 4.52. The monoisotopic (exact) mass is 274 g/mol. The van der Waals surface area contributed by atoms with Crippen LogP contribution in [0.3, 0.4) is 0 Å². The van der Waals surface area contributed by atoms with Gasteiger partial charge in [-0.25, -0.2) is 4.98 Å². The molecule has 0 aromatic carbocycles. The fraction of sp³-hybridized carbons (Fsp3) is 0.125. The molecule has 3 N–H and O–H groups in total. The molecule has 2 heterocycles. The van der Waals surface area contributed by atoms with Gasteiger partial charge >= 0.3 is 0 Å². The Balaban J connectivity index is 2.28. The first-order valence-corrected chi connectivity index (χ1v) is 5.42. The highest BCUT2D eigenvalue weighted by molar-refractivity contribution is 9.10. The van der Waals surface area contributed by atoms with E-state index in [2.05, 4.69) is 20.9 Å². The van der Waals surface area contributed by atoms with E-state index in [9.17, 15) is 5.11 Å². The van der Waals surface area contributed by atoms with Crippen molar-refractivity contribution in [3.8, 4) is 0 Å².